The quantitative estimate of drug-likeness (QED) is 0.581. The van der Waals surface area contributed by atoms with Gasteiger partial charge >= 0.3 is 0 Å². The fourth-order valence-corrected chi connectivity index (χ4v) is 2.16. The Morgan fingerprint density at radius 3 is 2.75 bits per heavy atom. The summed E-state index contributed by atoms with van der Waals surface area (Å²) in [6.07, 6.45) is -0.427. The summed E-state index contributed by atoms with van der Waals surface area (Å²) in [5.41, 5.74) is 7.04. The van der Waals surface area contributed by atoms with Crippen molar-refractivity contribution < 1.29 is 5.11 Å². The Morgan fingerprint density at radius 1 is 1.62 bits per heavy atom. The summed E-state index contributed by atoms with van der Waals surface area (Å²) in [6.45, 7) is 2.22. The van der Waals surface area contributed by atoms with Crippen molar-refractivity contribution in [2.24, 2.45) is 5.73 Å². The minimum atomic E-state index is -0.427. The van der Waals surface area contributed by atoms with E-state index in [1.165, 1.54) is 0 Å². The van der Waals surface area contributed by atoms with E-state index in [1.807, 2.05) is 30.1 Å². The van der Waals surface area contributed by atoms with E-state index in [0.717, 1.165) is 10.2 Å². The Labute approximate surface area is 104 Å². The van der Waals surface area contributed by atoms with Crippen molar-refractivity contribution in [3.05, 3.63) is 28.2 Å². The fourth-order valence-electron chi connectivity index (χ4n) is 1.59. The van der Waals surface area contributed by atoms with Gasteiger partial charge in [-0.2, -0.15) is 0 Å². The van der Waals surface area contributed by atoms with Crippen LogP contribution in [-0.4, -0.2) is 30.6 Å². The lowest BCUT2D eigenvalue weighted by Crippen LogP contribution is -2.29. The second-order valence-corrected chi connectivity index (χ2v) is 4.63. The Hall–Kier alpha value is -1.07. The van der Waals surface area contributed by atoms with Gasteiger partial charge in [0.05, 0.1) is 11.7 Å². The molecule has 0 aliphatic rings. The monoisotopic (exact) mass is 285 g/mol. The molecule has 0 spiro atoms. The summed E-state index contributed by atoms with van der Waals surface area (Å²) in [5, 5.41) is 16.9. The van der Waals surface area contributed by atoms with Crippen LogP contribution in [0.25, 0.3) is 0 Å². The summed E-state index contributed by atoms with van der Waals surface area (Å²) >= 11 is 3.37. The van der Waals surface area contributed by atoms with Gasteiger partial charge in [0.25, 0.3) is 0 Å². The number of anilines is 1. The van der Waals surface area contributed by atoms with E-state index in [9.17, 15) is 5.11 Å². The molecule has 0 amide bonds. The second-order valence-electron chi connectivity index (χ2n) is 3.78. The van der Waals surface area contributed by atoms with E-state index >= 15 is 0 Å². The van der Waals surface area contributed by atoms with E-state index < -0.39 is 6.10 Å². The van der Waals surface area contributed by atoms with Gasteiger partial charge in [-0.25, -0.2) is 0 Å². The molecule has 4 nitrogen and oxygen atoms in total. The van der Waals surface area contributed by atoms with Gasteiger partial charge in [0, 0.05) is 23.8 Å². The molecule has 4 N–H and O–H groups in total. The van der Waals surface area contributed by atoms with E-state index in [4.69, 9.17) is 11.1 Å². The molecule has 1 aromatic carbocycles. The number of hydrogen-bond donors (Lipinski definition) is 3. The van der Waals surface area contributed by atoms with Crippen LogP contribution < -0.4 is 10.6 Å². The maximum Gasteiger partial charge on any atom is 0.126 e. The third-order valence-corrected chi connectivity index (χ3v) is 2.87. The minimum absolute atomic E-state index is 0.0138. The molecule has 0 bridgehead atoms. The molecule has 0 radical (unpaired) electrons. The van der Waals surface area contributed by atoms with Crippen molar-refractivity contribution in [2.75, 3.05) is 18.5 Å². The number of amidine groups is 1. The minimum Gasteiger partial charge on any atom is -0.392 e. The van der Waals surface area contributed by atoms with Crippen LogP contribution in [0.4, 0.5) is 5.69 Å². The van der Waals surface area contributed by atoms with Gasteiger partial charge in [0.2, 0.25) is 0 Å². The molecular formula is C11H16BrN3O. The lowest BCUT2D eigenvalue weighted by atomic mass is 10.1. The molecule has 16 heavy (non-hydrogen) atoms. The predicted molar refractivity (Wildman–Crippen MR) is 70.1 cm³/mol. The van der Waals surface area contributed by atoms with Gasteiger partial charge in [0.1, 0.15) is 5.84 Å². The van der Waals surface area contributed by atoms with Crippen molar-refractivity contribution >= 4 is 27.5 Å². The first-order chi connectivity index (χ1) is 7.43. The number of nitrogens with two attached hydrogens (primary N) is 1. The molecule has 88 valence electrons. The van der Waals surface area contributed by atoms with Crippen molar-refractivity contribution in [1.82, 2.24) is 0 Å². The van der Waals surface area contributed by atoms with Crippen molar-refractivity contribution in [2.45, 2.75) is 13.0 Å². The highest BCUT2D eigenvalue weighted by Crippen LogP contribution is 2.26. The van der Waals surface area contributed by atoms with E-state index in [0.29, 0.717) is 12.1 Å². The summed E-state index contributed by atoms with van der Waals surface area (Å²) in [6, 6.07) is 5.60. The second kappa shape index (κ2) is 5.32. The first-order valence-corrected chi connectivity index (χ1v) is 5.75. The number of benzene rings is 1. The number of nitrogens with one attached hydrogen (secondary N) is 1. The molecule has 1 rings (SSSR count). The number of aliphatic hydroxyl groups is 1. The molecular weight excluding hydrogens is 270 g/mol. The van der Waals surface area contributed by atoms with Gasteiger partial charge in [-0.05, 0) is 35.0 Å². The average Bonchev–Trinajstić information content (AvgIpc) is 2.15. The number of nitrogens with zero attached hydrogens (tertiary/aromatic N) is 1. The predicted octanol–water partition coefficient (Wildman–Crippen LogP) is 1.55. The third-order valence-electron chi connectivity index (χ3n) is 2.21. The Balaban J connectivity index is 3.12. The molecule has 1 aromatic rings. The van der Waals surface area contributed by atoms with Crippen LogP contribution in [0.5, 0.6) is 0 Å². The van der Waals surface area contributed by atoms with Crippen LogP contribution in [-0.2, 0) is 0 Å². The molecule has 1 atom stereocenters. The molecule has 0 fully saturated rings. The van der Waals surface area contributed by atoms with E-state index in [1.54, 1.807) is 6.92 Å². The Bertz CT molecular complexity index is 393. The van der Waals surface area contributed by atoms with Crippen LogP contribution in [0.3, 0.4) is 0 Å². The highest BCUT2D eigenvalue weighted by molar-refractivity contribution is 9.10. The maximum absolute atomic E-state index is 9.34. The van der Waals surface area contributed by atoms with Gasteiger partial charge in [-0.15, -0.1) is 0 Å². The molecule has 1 unspecified atom stereocenters. The number of halogens is 1. The molecule has 5 heteroatoms. The van der Waals surface area contributed by atoms with Gasteiger partial charge < -0.3 is 15.7 Å². The smallest absolute Gasteiger partial charge is 0.126 e. The van der Waals surface area contributed by atoms with Crippen LogP contribution in [0.2, 0.25) is 0 Å². The van der Waals surface area contributed by atoms with Gasteiger partial charge in [0.15, 0.2) is 0 Å². The molecule has 0 saturated heterocycles. The maximum atomic E-state index is 9.34. The SMILES string of the molecule is CC(O)CN(C)c1cccc(Br)c1C(=N)N. The number of aliphatic hydroxyl groups excluding tert-OH is 1. The summed E-state index contributed by atoms with van der Waals surface area (Å²) in [4.78, 5) is 1.88. The first-order valence-electron chi connectivity index (χ1n) is 4.95. The van der Waals surface area contributed by atoms with E-state index in [2.05, 4.69) is 15.9 Å². The lowest BCUT2D eigenvalue weighted by Gasteiger charge is -2.24. The summed E-state index contributed by atoms with van der Waals surface area (Å²) in [7, 11) is 1.86. The summed E-state index contributed by atoms with van der Waals surface area (Å²) in [5.74, 6) is 0.0138. The highest BCUT2D eigenvalue weighted by atomic mass is 79.9. The number of likely N-dealkylation sites (N-methyl/N-ethyl adjacent to an activating group) is 1. The molecule has 0 saturated carbocycles. The third kappa shape index (κ3) is 2.96. The highest BCUT2D eigenvalue weighted by Gasteiger charge is 2.13. The van der Waals surface area contributed by atoms with Crippen LogP contribution in [0.1, 0.15) is 12.5 Å². The molecule has 0 aliphatic carbocycles. The zero-order valence-electron chi connectivity index (χ0n) is 9.37. The molecule has 0 aliphatic heterocycles. The van der Waals surface area contributed by atoms with Crippen LogP contribution in [0, 0.1) is 5.41 Å². The Kier molecular flexibility index (Phi) is 4.32. The van der Waals surface area contributed by atoms with Crippen LogP contribution in [0.15, 0.2) is 22.7 Å². The molecule has 0 heterocycles. The van der Waals surface area contributed by atoms with E-state index in [-0.39, 0.29) is 5.84 Å². The normalized spacial score (nSPS) is 12.2. The molecule has 0 aromatic heterocycles. The average molecular weight is 286 g/mol. The number of hydrogen-bond acceptors (Lipinski definition) is 3. The van der Waals surface area contributed by atoms with Crippen molar-refractivity contribution in [1.29, 1.82) is 5.41 Å². The lowest BCUT2D eigenvalue weighted by molar-refractivity contribution is 0.201. The summed E-state index contributed by atoms with van der Waals surface area (Å²) < 4.78 is 0.787. The van der Waals surface area contributed by atoms with Crippen molar-refractivity contribution in [3.63, 3.8) is 0 Å². The number of nitrogen functional groups attached to an aromatic ring is 1. The fraction of sp³-hybridized carbons (Fsp3) is 0.364. The zero-order valence-corrected chi connectivity index (χ0v) is 11.0. The van der Waals surface area contributed by atoms with Crippen LogP contribution >= 0.6 is 15.9 Å². The van der Waals surface area contributed by atoms with Crippen molar-refractivity contribution in [3.8, 4) is 0 Å². The Morgan fingerprint density at radius 2 is 2.25 bits per heavy atom. The van der Waals surface area contributed by atoms with Gasteiger partial charge in [-0.1, -0.05) is 6.07 Å². The topological polar surface area (TPSA) is 73.3 Å². The standard InChI is InChI=1S/C11H16BrN3O/c1-7(16)6-15(2)9-5-3-4-8(12)10(9)11(13)14/h3-5,7,16H,6H2,1-2H3,(H3,13,14). The largest absolute Gasteiger partial charge is 0.392 e. The van der Waals surface area contributed by atoms with Gasteiger partial charge in [-0.3, -0.25) is 5.41 Å². The zero-order chi connectivity index (χ0) is 12.3. The first kappa shape index (κ1) is 13.0. The number of rotatable bonds is 4.